The quantitative estimate of drug-likeness (QED) is 0.774. The van der Waals surface area contributed by atoms with Crippen LogP contribution in [0.25, 0.3) is 10.9 Å². The molecule has 2 nitrogen and oxygen atoms in total. The molecule has 2 rings (SSSR count). The molecule has 16 heavy (non-hydrogen) atoms. The Labute approximate surface area is 89.7 Å². The zero-order valence-electron chi connectivity index (χ0n) is 8.47. The Bertz CT molecular complexity index is 515. The minimum Gasteiger partial charge on any atom is -0.378 e. The molecule has 0 amide bonds. The van der Waals surface area contributed by atoms with Crippen molar-refractivity contribution in [3.05, 3.63) is 35.5 Å². The summed E-state index contributed by atoms with van der Waals surface area (Å²) in [5, 5.41) is 9.88. The van der Waals surface area contributed by atoms with Crippen LogP contribution < -0.4 is 0 Å². The van der Waals surface area contributed by atoms with Crippen molar-refractivity contribution in [1.82, 2.24) is 4.98 Å². The molecule has 1 aromatic carbocycles. The molecule has 0 spiro atoms. The Hall–Kier alpha value is -1.49. The molecule has 0 saturated carbocycles. The predicted octanol–water partition coefficient (Wildman–Crippen LogP) is 3.07. The molecule has 2 N–H and O–H groups in total. The van der Waals surface area contributed by atoms with E-state index in [4.69, 9.17) is 0 Å². The molecule has 1 atom stereocenters. The fourth-order valence-electron chi connectivity index (χ4n) is 1.74. The van der Waals surface area contributed by atoms with E-state index in [2.05, 4.69) is 4.98 Å². The molecule has 1 heterocycles. The molecule has 0 fully saturated rings. The zero-order chi connectivity index (χ0) is 11.9. The average Bonchev–Trinajstić information content (AvgIpc) is 2.54. The minimum absolute atomic E-state index is 0.186. The van der Waals surface area contributed by atoms with Gasteiger partial charge in [0.25, 0.3) is 0 Å². The van der Waals surface area contributed by atoms with Gasteiger partial charge in [-0.25, -0.2) is 0 Å². The summed E-state index contributed by atoms with van der Waals surface area (Å²) in [6.07, 6.45) is -7.11. The van der Waals surface area contributed by atoms with Crippen LogP contribution >= 0.6 is 0 Å². The molecule has 0 radical (unpaired) electrons. The maximum absolute atomic E-state index is 12.4. The van der Waals surface area contributed by atoms with Crippen LogP contribution in [0.4, 0.5) is 13.2 Å². The Balaban J connectivity index is 2.58. The second kappa shape index (κ2) is 3.52. The van der Waals surface area contributed by atoms with Gasteiger partial charge >= 0.3 is 6.18 Å². The topological polar surface area (TPSA) is 36.0 Å². The van der Waals surface area contributed by atoms with Gasteiger partial charge in [-0.05, 0) is 18.6 Å². The molecule has 0 aliphatic rings. The van der Waals surface area contributed by atoms with Crippen molar-refractivity contribution in [2.24, 2.45) is 0 Å². The first-order valence-corrected chi connectivity index (χ1v) is 4.73. The van der Waals surface area contributed by atoms with Gasteiger partial charge in [-0.3, -0.25) is 0 Å². The molecule has 2 aromatic rings. The highest BCUT2D eigenvalue weighted by Crippen LogP contribution is 2.35. The lowest BCUT2D eigenvalue weighted by molar-refractivity contribution is -0.207. The van der Waals surface area contributed by atoms with Gasteiger partial charge in [0.15, 0.2) is 6.10 Å². The Morgan fingerprint density at radius 1 is 1.25 bits per heavy atom. The molecule has 0 aliphatic carbocycles. The summed E-state index contributed by atoms with van der Waals surface area (Å²) in [7, 11) is 0. The minimum atomic E-state index is -4.65. The molecule has 0 saturated heterocycles. The van der Waals surface area contributed by atoms with Gasteiger partial charge in [-0.15, -0.1) is 0 Å². The lowest BCUT2D eigenvalue weighted by atomic mass is 10.1. The van der Waals surface area contributed by atoms with Crippen molar-refractivity contribution in [3.63, 3.8) is 0 Å². The number of aromatic amines is 1. The van der Waals surface area contributed by atoms with Crippen LogP contribution in [0.1, 0.15) is 17.4 Å². The van der Waals surface area contributed by atoms with Crippen molar-refractivity contribution in [2.75, 3.05) is 0 Å². The van der Waals surface area contributed by atoms with Crippen molar-refractivity contribution in [1.29, 1.82) is 0 Å². The SMILES string of the molecule is Cc1c(C(O)C(F)(F)F)[nH]c2ccccc12. The monoisotopic (exact) mass is 229 g/mol. The van der Waals surface area contributed by atoms with Crippen LogP contribution in [0.2, 0.25) is 0 Å². The molecule has 5 heteroatoms. The van der Waals surface area contributed by atoms with Gasteiger partial charge in [-0.1, -0.05) is 18.2 Å². The second-order valence-corrected chi connectivity index (χ2v) is 3.65. The second-order valence-electron chi connectivity index (χ2n) is 3.65. The largest absolute Gasteiger partial charge is 0.420 e. The molecule has 1 unspecified atom stereocenters. The molecular formula is C11H10F3NO. The van der Waals surface area contributed by atoms with Crippen LogP contribution in [0, 0.1) is 6.92 Å². The van der Waals surface area contributed by atoms with Gasteiger partial charge in [-0.2, -0.15) is 13.2 Å². The van der Waals surface area contributed by atoms with E-state index in [1.165, 1.54) is 0 Å². The Kier molecular flexibility index (Phi) is 2.42. The number of aliphatic hydroxyl groups excluding tert-OH is 1. The number of benzene rings is 1. The fraction of sp³-hybridized carbons (Fsp3) is 0.273. The summed E-state index contributed by atoms with van der Waals surface area (Å²) >= 11 is 0. The zero-order valence-corrected chi connectivity index (χ0v) is 8.47. The van der Waals surface area contributed by atoms with E-state index >= 15 is 0 Å². The van der Waals surface area contributed by atoms with E-state index in [0.717, 1.165) is 0 Å². The van der Waals surface area contributed by atoms with Crippen LogP contribution in [0.15, 0.2) is 24.3 Å². The third-order valence-corrected chi connectivity index (χ3v) is 2.59. The summed E-state index contributed by atoms with van der Waals surface area (Å²) in [4.78, 5) is 2.60. The Morgan fingerprint density at radius 2 is 1.88 bits per heavy atom. The molecule has 0 bridgehead atoms. The lowest BCUT2D eigenvalue weighted by Gasteiger charge is -2.13. The van der Waals surface area contributed by atoms with Crippen LogP contribution in [-0.2, 0) is 0 Å². The first-order chi connectivity index (χ1) is 7.41. The van der Waals surface area contributed by atoms with E-state index < -0.39 is 12.3 Å². The third-order valence-electron chi connectivity index (χ3n) is 2.59. The van der Waals surface area contributed by atoms with E-state index in [9.17, 15) is 18.3 Å². The first kappa shape index (κ1) is 11.0. The van der Waals surface area contributed by atoms with Crippen LogP contribution in [0.3, 0.4) is 0 Å². The fourth-order valence-corrected chi connectivity index (χ4v) is 1.74. The number of alkyl halides is 3. The number of fused-ring (bicyclic) bond motifs is 1. The lowest BCUT2D eigenvalue weighted by Crippen LogP contribution is -2.21. The summed E-state index contributed by atoms with van der Waals surface area (Å²) in [6.45, 7) is 1.56. The number of halogens is 3. The first-order valence-electron chi connectivity index (χ1n) is 4.73. The van der Waals surface area contributed by atoms with Crippen LogP contribution in [0.5, 0.6) is 0 Å². The van der Waals surface area contributed by atoms with Crippen molar-refractivity contribution in [2.45, 2.75) is 19.2 Å². The number of H-pyrrole nitrogens is 1. The van der Waals surface area contributed by atoms with E-state index in [1.54, 1.807) is 31.2 Å². The highest BCUT2D eigenvalue weighted by atomic mass is 19.4. The van der Waals surface area contributed by atoms with Crippen LogP contribution in [-0.4, -0.2) is 16.3 Å². The highest BCUT2D eigenvalue weighted by Gasteiger charge is 2.41. The molecule has 0 aliphatic heterocycles. The normalized spacial score (nSPS) is 14.3. The number of nitrogens with one attached hydrogen (secondary N) is 1. The van der Waals surface area contributed by atoms with Crippen molar-refractivity contribution < 1.29 is 18.3 Å². The van der Waals surface area contributed by atoms with Gasteiger partial charge < -0.3 is 10.1 Å². The molecule has 86 valence electrons. The van der Waals surface area contributed by atoms with Gasteiger partial charge in [0, 0.05) is 10.9 Å². The van der Waals surface area contributed by atoms with Crippen molar-refractivity contribution >= 4 is 10.9 Å². The van der Waals surface area contributed by atoms with Gasteiger partial charge in [0.2, 0.25) is 0 Å². The summed E-state index contributed by atoms with van der Waals surface area (Å²) in [5.41, 5.74) is 0.840. The maximum Gasteiger partial charge on any atom is 0.420 e. The smallest absolute Gasteiger partial charge is 0.378 e. The van der Waals surface area contributed by atoms with Gasteiger partial charge in [0.1, 0.15) is 0 Å². The van der Waals surface area contributed by atoms with E-state index in [-0.39, 0.29) is 5.69 Å². The number of para-hydroxylation sites is 1. The standard InChI is InChI=1S/C11H10F3NO/c1-6-7-4-2-3-5-8(7)15-9(6)10(16)11(12,13)14/h2-5,10,15-16H,1H3. The Morgan fingerprint density at radius 3 is 2.44 bits per heavy atom. The van der Waals surface area contributed by atoms with Gasteiger partial charge in [0.05, 0.1) is 5.69 Å². The van der Waals surface area contributed by atoms with Crippen molar-refractivity contribution in [3.8, 4) is 0 Å². The summed E-state index contributed by atoms with van der Waals surface area (Å²) in [5.74, 6) is 0. The summed E-state index contributed by atoms with van der Waals surface area (Å²) in [6, 6.07) is 6.86. The maximum atomic E-state index is 12.4. The summed E-state index contributed by atoms with van der Waals surface area (Å²) < 4.78 is 37.1. The number of hydrogen-bond donors (Lipinski definition) is 2. The number of hydrogen-bond acceptors (Lipinski definition) is 1. The van der Waals surface area contributed by atoms with E-state index in [0.29, 0.717) is 16.5 Å². The number of aromatic nitrogens is 1. The molecular weight excluding hydrogens is 219 g/mol. The molecule has 1 aromatic heterocycles. The predicted molar refractivity (Wildman–Crippen MR) is 54.1 cm³/mol. The third kappa shape index (κ3) is 1.67. The highest BCUT2D eigenvalue weighted by molar-refractivity contribution is 5.84. The number of aliphatic hydroxyl groups is 1. The number of rotatable bonds is 1. The van der Waals surface area contributed by atoms with E-state index in [1.807, 2.05) is 0 Å². The number of aryl methyl sites for hydroxylation is 1. The average molecular weight is 229 g/mol.